The first-order valence-corrected chi connectivity index (χ1v) is 8.34. The fourth-order valence-corrected chi connectivity index (χ4v) is 5.18. The minimum absolute atomic E-state index is 0.726. The van der Waals surface area contributed by atoms with Crippen molar-refractivity contribution in [1.82, 2.24) is 5.32 Å². The highest BCUT2D eigenvalue weighted by molar-refractivity contribution is 8.06. The Labute approximate surface area is 104 Å². The second kappa shape index (κ2) is 7.86. The van der Waals surface area contributed by atoms with Crippen LogP contribution in [0.5, 0.6) is 0 Å². The Morgan fingerprint density at radius 2 is 2.20 bits per heavy atom. The van der Waals surface area contributed by atoms with Gasteiger partial charge in [0.15, 0.2) is 0 Å². The van der Waals surface area contributed by atoms with E-state index in [1.807, 2.05) is 0 Å². The van der Waals surface area contributed by atoms with Crippen LogP contribution in [0.25, 0.3) is 0 Å². The quantitative estimate of drug-likeness (QED) is 0.774. The summed E-state index contributed by atoms with van der Waals surface area (Å²) in [6.45, 7) is 4.69. The normalized spacial score (nSPS) is 26.2. The van der Waals surface area contributed by atoms with Gasteiger partial charge in [0.05, 0.1) is 0 Å². The number of nitrogens with one attached hydrogen (secondary N) is 1. The molecule has 0 spiro atoms. The van der Waals surface area contributed by atoms with Crippen LogP contribution >= 0.6 is 23.5 Å². The van der Waals surface area contributed by atoms with Crippen LogP contribution in [-0.2, 0) is 0 Å². The Bertz CT molecular complexity index is 158. The van der Waals surface area contributed by atoms with Crippen molar-refractivity contribution >= 4 is 23.5 Å². The fourth-order valence-electron chi connectivity index (χ4n) is 2.24. The summed E-state index contributed by atoms with van der Waals surface area (Å²) >= 11 is 4.30. The van der Waals surface area contributed by atoms with Gasteiger partial charge in [-0.25, -0.2) is 0 Å². The lowest BCUT2D eigenvalue weighted by atomic mass is 9.96. The van der Waals surface area contributed by atoms with Crippen LogP contribution in [0.4, 0.5) is 0 Å². The Kier molecular flexibility index (Phi) is 7.19. The van der Waals surface area contributed by atoms with Gasteiger partial charge >= 0.3 is 0 Å². The molecule has 0 aromatic rings. The zero-order chi connectivity index (χ0) is 11.1. The van der Waals surface area contributed by atoms with Gasteiger partial charge in [-0.05, 0) is 19.4 Å². The molecule has 1 rings (SSSR count). The third-order valence-corrected chi connectivity index (χ3v) is 6.02. The molecule has 3 unspecified atom stereocenters. The molecule has 1 fully saturated rings. The number of hydrogen-bond acceptors (Lipinski definition) is 3. The molecule has 1 N–H and O–H groups in total. The van der Waals surface area contributed by atoms with E-state index in [9.17, 15) is 0 Å². The summed E-state index contributed by atoms with van der Waals surface area (Å²) in [6, 6.07) is 0.726. The summed E-state index contributed by atoms with van der Waals surface area (Å²) < 4.78 is 0. The SMILES string of the molecule is CCCC(C)CC(NC)C1CSCCS1. The highest BCUT2D eigenvalue weighted by Gasteiger charge is 2.24. The molecule has 1 aliphatic heterocycles. The zero-order valence-electron chi connectivity index (χ0n) is 10.3. The largest absolute Gasteiger partial charge is 0.316 e. The van der Waals surface area contributed by atoms with E-state index in [1.165, 1.54) is 36.5 Å². The lowest BCUT2D eigenvalue weighted by Crippen LogP contribution is -2.40. The lowest BCUT2D eigenvalue weighted by molar-refractivity contribution is 0.398. The molecule has 1 aliphatic rings. The maximum atomic E-state index is 3.53. The predicted octanol–water partition coefficient (Wildman–Crippen LogP) is 3.25. The minimum Gasteiger partial charge on any atom is -0.316 e. The first-order valence-electron chi connectivity index (χ1n) is 6.14. The molecule has 1 saturated heterocycles. The van der Waals surface area contributed by atoms with Crippen LogP contribution in [0.3, 0.4) is 0 Å². The summed E-state index contributed by atoms with van der Waals surface area (Å²) in [5.41, 5.74) is 0. The van der Waals surface area contributed by atoms with Crippen molar-refractivity contribution in [3.63, 3.8) is 0 Å². The minimum atomic E-state index is 0.726. The van der Waals surface area contributed by atoms with Crippen LogP contribution in [0.1, 0.15) is 33.1 Å². The van der Waals surface area contributed by atoms with Crippen LogP contribution in [0, 0.1) is 5.92 Å². The zero-order valence-corrected chi connectivity index (χ0v) is 11.9. The molecule has 15 heavy (non-hydrogen) atoms. The van der Waals surface area contributed by atoms with Crippen LogP contribution < -0.4 is 5.32 Å². The van der Waals surface area contributed by atoms with Crippen molar-refractivity contribution in [1.29, 1.82) is 0 Å². The van der Waals surface area contributed by atoms with E-state index in [0.29, 0.717) is 0 Å². The van der Waals surface area contributed by atoms with Crippen molar-refractivity contribution in [2.75, 3.05) is 24.3 Å². The summed E-state index contributed by atoms with van der Waals surface area (Å²) in [6.07, 6.45) is 4.05. The molecule has 0 radical (unpaired) electrons. The van der Waals surface area contributed by atoms with Crippen molar-refractivity contribution in [2.45, 2.75) is 44.4 Å². The van der Waals surface area contributed by atoms with Crippen LogP contribution in [0.15, 0.2) is 0 Å². The Morgan fingerprint density at radius 1 is 1.40 bits per heavy atom. The van der Waals surface area contributed by atoms with E-state index in [-0.39, 0.29) is 0 Å². The van der Waals surface area contributed by atoms with E-state index < -0.39 is 0 Å². The number of thioether (sulfide) groups is 2. The van der Waals surface area contributed by atoms with Crippen molar-refractivity contribution in [3.8, 4) is 0 Å². The van der Waals surface area contributed by atoms with Gasteiger partial charge < -0.3 is 5.32 Å². The highest BCUT2D eigenvalue weighted by Crippen LogP contribution is 2.29. The van der Waals surface area contributed by atoms with E-state index in [1.54, 1.807) is 0 Å². The van der Waals surface area contributed by atoms with Gasteiger partial charge in [0.2, 0.25) is 0 Å². The molecule has 3 heteroatoms. The highest BCUT2D eigenvalue weighted by atomic mass is 32.2. The third kappa shape index (κ3) is 5.01. The van der Waals surface area contributed by atoms with Gasteiger partial charge in [-0.2, -0.15) is 23.5 Å². The van der Waals surface area contributed by atoms with Crippen LogP contribution in [-0.4, -0.2) is 35.6 Å². The van der Waals surface area contributed by atoms with Crippen molar-refractivity contribution in [2.24, 2.45) is 5.92 Å². The van der Waals surface area contributed by atoms with Crippen LogP contribution in [0.2, 0.25) is 0 Å². The fraction of sp³-hybridized carbons (Fsp3) is 1.00. The number of rotatable bonds is 6. The molecule has 0 aromatic heterocycles. The molecular weight excluding hydrogens is 222 g/mol. The molecule has 0 aromatic carbocycles. The summed E-state index contributed by atoms with van der Waals surface area (Å²) in [5, 5.41) is 4.37. The van der Waals surface area contributed by atoms with Gasteiger partial charge in [0.25, 0.3) is 0 Å². The first-order chi connectivity index (χ1) is 7.27. The molecule has 1 nitrogen and oxygen atoms in total. The summed E-state index contributed by atoms with van der Waals surface area (Å²) in [4.78, 5) is 0. The van der Waals surface area contributed by atoms with Crippen molar-refractivity contribution in [3.05, 3.63) is 0 Å². The molecule has 1 heterocycles. The van der Waals surface area contributed by atoms with E-state index in [2.05, 4.69) is 49.7 Å². The van der Waals surface area contributed by atoms with E-state index >= 15 is 0 Å². The first kappa shape index (κ1) is 13.7. The Morgan fingerprint density at radius 3 is 2.73 bits per heavy atom. The molecule has 3 atom stereocenters. The smallest absolute Gasteiger partial charge is 0.0291 e. The maximum Gasteiger partial charge on any atom is 0.0291 e. The summed E-state index contributed by atoms with van der Waals surface area (Å²) in [5.74, 6) is 4.91. The Balaban J connectivity index is 2.32. The van der Waals surface area contributed by atoms with E-state index in [4.69, 9.17) is 0 Å². The van der Waals surface area contributed by atoms with E-state index in [0.717, 1.165) is 17.2 Å². The Hall–Kier alpha value is 0.660. The second-order valence-electron chi connectivity index (χ2n) is 4.51. The van der Waals surface area contributed by atoms with Gasteiger partial charge in [0.1, 0.15) is 0 Å². The lowest BCUT2D eigenvalue weighted by Gasteiger charge is -2.31. The van der Waals surface area contributed by atoms with Gasteiger partial charge in [0, 0.05) is 28.6 Å². The standard InChI is InChI=1S/C12H25NS2/c1-4-5-10(2)8-11(13-3)12-9-14-6-7-15-12/h10-13H,4-9H2,1-3H3. The maximum absolute atomic E-state index is 3.53. The van der Waals surface area contributed by atoms with Gasteiger partial charge in [-0.3, -0.25) is 0 Å². The second-order valence-corrected chi connectivity index (χ2v) is 7.01. The topological polar surface area (TPSA) is 12.0 Å². The molecule has 0 aliphatic carbocycles. The number of hydrogen-bond donors (Lipinski definition) is 1. The predicted molar refractivity (Wildman–Crippen MR) is 75.1 cm³/mol. The molecule has 0 amide bonds. The molecule has 90 valence electrons. The average molecular weight is 247 g/mol. The molecule has 0 saturated carbocycles. The monoisotopic (exact) mass is 247 g/mol. The average Bonchev–Trinajstić information content (AvgIpc) is 2.27. The molecule has 0 bridgehead atoms. The van der Waals surface area contributed by atoms with Gasteiger partial charge in [-0.15, -0.1) is 0 Å². The van der Waals surface area contributed by atoms with Crippen molar-refractivity contribution < 1.29 is 0 Å². The third-order valence-electron chi connectivity index (χ3n) is 3.10. The van der Waals surface area contributed by atoms with Gasteiger partial charge in [-0.1, -0.05) is 26.7 Å². The molecular formula is C12H25NS2. The summed E-state index contributed by atoms with van der Waals surface area (Å²) in [7, 11) is 2.13.